The molecule has 0 unspecified atom stereocenters. The third-order valence-electron chi connectivity index (χ3n) is 4.94. The van der Waals surface area contributed by atoms with E-state index in [1.165, 1.54) is 0 Å². The van der Waals surface area contributed by atoms with Gasteiger partial charge in [-0.2, -0.15) is 0 Å². The summed E-state index contributed by atoms with van der Waals surface area (Å²) in [6, 6.07) is 16.8. The number of carbonyl (C=O) groups is 1. The van der Waals surface area contributed by atoms with Crippen LogP contribution in [0.2, 0.25) is 0 Å². The summed E-state index contributed by atoms with van der Waals surface area (Å²) >= 11 is 0. The number of ether oxygens (including phenoxy) is 1. The van der Waals surface area contributed by atoms with Gasteiger partial charge in [0.05, 0.1) is 47.2 Å². The van der Waals surface area contributed by atoms with Crippen LogP contribution in [0.15, 0.2) is 60.8 Å². The molecule has 0 atom stereocenters. The Hall–Kier alpha value is -3.58. The summed E-state index contributed by atoms with van der Waals surface area (Å²) in [4.78, 5) is 28.5. The van der Waals surface area contributed by atoms with Gasteiger partial charge in [-0.05, 0) is 42.5 Å². The van der Waals surface area contributed by atoms with E-state index in [-0.39, 0.29) is 5.91 Å². The van der Waals surface area contributed by atoms with Gasteiger partial charge in [-0.25, -0.2) is 15.0 Å². The highest BCUT2D eigenvalue weighted by atomic mass is 16.5. The molecule has 29 heavy (non-hydrogen) atoms. The Morgan fingerprint density at radius 3 is 2.34 bits per heavy atom. The molecule has 2 aromatic carbocycles. The van der Waals surface area contributed by atoms with Crippen molar-refractivity contribution in [3.05, 3.63) is 66.4 Å². The number of hydrogen-bond donors (Lipinski definition) is 1. The first-order valence-electron chi connectivity index (χ1n) is 9.53. The molecular weight excluding hydrogens is 366 g/mol. The molecule has 0 radical (unpaired) electrons. The van der Waals surface area contributed by atoms with Crippen LogP contribution in [0.25, 0.3) is 22.1 Å². The van der Waals surface area contributed by atoms with Gasteiger partial charge >= 0.3 is 0 Å². The number of anilines is 2. The summed E-state index contributed by atoms with van der Waals surface area (Å²) in [5, 5.41) is 2.90. The predicted octanol–water partition coefficient (Wildman–Crippen LogP) is 3.27. The molecule has 1 fully saturated rings. The molecule has 1 amide bonds. The zero-order chi connectivity index (χ0) is 19.6. The van der Waals surface area contributed by atoms with Gasteiger partial charge in [0.1, 0.15) is 5.82 Å². The molecule has 2 aromatic heterocycles. The maximum absolute atomic E-state index is 12.7. The lowest BCUT2D eigenvalue weighted by atomic mass is 10.1. The first-order chi connectivity index (χ1) is 14.3. The van der Waals surface area contributed by atoms with Crippen LogP contribution >= 0.6 is 0 Å². The summed E-state index contributed by atoms with van der Waals surface area (Å²) in [7, 11) is 0. The average Bonchev–Trinajstić information content (AvgIpc) is 2.78. The molecule has 0 bridgehead atoms. The normalized spacial score (nSPS) is 14.3. The Morgan fingerprint density at radius 1 is 0.897 bits per heavy atom. The standard InChI is InChI=1S/C22H19N5O2/c28-22(24-16-6-8-21(23-14-16)27-9-11-29-12-10-27)15-5-7-19-20(13-15)26-18-4-2-1-3-17(18)25-19/h1-8,13-14H,9-12H2,(H,24,28). The highest BCUT2D eigenvalue weighted by Gasteiger charge is 2.13. The van der Waals surface area contributed by atoms with Crippen LogP contribution in [-0.4, -0.2) is 47.2 Å². The number of pyridine rings is 1. The van der Waals surface area contributed by atoms with E-state index in [4.69, 9.17) is 4.74 Å². The van der Waals surface area contributed by atoms with E-state index < -0.39 is 0 Å². The largest absolute Gasteiger partial charge is 0.378 e. The molecule has 144 valence electrons. The third-order valence-corrected chi connectivity index (χ3v) is 4.94. The van der Waals surface area contributed by atoms with Crippen molar-refractivity contribution in [1.29, 1.82) is 0 Å². The number of amides is 1. The van der Waals surface area contributed by atoms with Gasteiger partial charge in [0.25, 0.3) is 5.91 Å². The monoisotopic (exact) mass is 385 g/mol. The molecule has 3 heterocycles. The lowest BCUT2D eigenvalue weighted by Gasteiger charge is -2.27. The predicted molar refractivity (Wildman–Crippen MR) is 112 cm³/mol. The minimum Gasteiger partial charge on any atom is -0.378 e. The fourth-order valence-electron chi connectivity index (χ4n) is 3.40. The number of hydrogen-bond acceptors (Lipinski definition) is 6. The van der Waals surface area contributed by atoms with Gasteiger partial charge < -0.3 is 15.0 Å². The maximum atomic E-state index is 12.7. The lowest BCUT2D eigenvalue weighted by Crippen LogP contribution is -2.36. The highest BCUT2D eigenvalue weighted by molar-refractivity contribution is 6.06. The van der Waals surface area contributed by atoms with Crippen molar-refractivity contribution >= 4 is 39.5 Å². The first kappa shape index (κ1) is 17.5. The summed E-state index contributed by atoms with van der Waals surface area (Å²) in [5.41, 5.74) is 4.27. The van der Waals surface area contributed by atoms with Crippen molar-refractivity contribution in [1.82, 2.24) is 15.0 Å². The van der Waals surface area contributed by atoms with Gasteiger partial charge in [-0.15, -0.1) is 0 Å². The zero-order valence-corrected chi connectivity index (χ0v) is 15.7. The molecule has 1 aliphatic rings. The average molecular weight is 385 g/mol. The Bertz CT molecular complexity index is 1190. The highest BCUT2D eigenvalue weighted by Crippen LogP contribution is 2.19. The molecule has 0 spiro atoms. The zero-order valence-electron chi connectivity index (χ0n) is 15.7. The molecule has 7 nitrogen and oxygen atoms in total. The van der Waals surface area contributed by atoms with Crippen molar-refractivity contribution in [2.75, 3.05) is 36.5 Å². The molecule has 1 aliphatic heterocycles. The quantitative estimate of drug-likeness (QED) is 0.545. The first-order valence-corrected chi connectivity index (χ1v) is 9.53. The van der Waals surface area contributed by atoms with E-state index in [2.05, 4.69) is 25.2 Å². The second-order valence-corrected chi connectivity index (χ2v) is 6.87. The SMILES string of the molecule is O=C(Nc1ccc(N2CCOCC2)nc1)c1ccc2nc3ccccc3nc2c1. The molecule has 0 saturated carbocycles. The van der Waals surface area contributed by atoms with Crippen molar-refractivity contribution in [2.24, 2.45) is 0 Å². The van der Waals surface area contributed by atoms with Gasteiger partial charge in [0.2, 0.25) is 0 Å². The summed E-state index contributed by atoms with van der Waals surface area (Å²) in [6.45, 7) is 3.07. The Labute approximate surface area is 167 Å². The number of rotatable bonds is 3. The van der Waals surface area contributed by atoms with Crippen LogP contribution in [0.4, 0.5) is 11.5 Å². The van der Waals surface area contributed by atoms with Crippen molar-refractivity contribution < 1.29 is 9.53 Å². The van der Waals surface area contributed by atoms with Crippen LogP contribution in [0.5, 0.6) is 0 Å². The van der Waals surface area contributed by atoms with Crippen LogP contribution < -0.4 is 10.2 Å². The van der Waals surface area contributed by atoms with Crippen LogP contribution in [0.3, 0.4) is 0 Å². The number of morpholine rings is 1. The van der Waals surface area contributed by atoms with E-state index in [0.717, 1.165) is 35.5 Å². The summed E-state index contributed by atoms with van der Waals surface area (Å²) in [6.07, 6.45) is 1.68. The van der Waals surface area contributed by atoms with Gasteiger partial charge in [0.15, 0.2) is 0 Å². The minimum atomic E-state index is -0.206. The second-order valence-electron chi connectivity index (χ2n) is 6.87. The topological polar surface area (TPSA) is 80.2 Å². The molecule has 0 aliphatic carbocycles. The fourth-order valence-corrected chi connectivity index (χ4v) is 3.40. The van der Waals surface area contributed by atoms with Gasteiger partial charge in [0, 0.05) is 18.7 Å². The van der Waals surface area contributed by atoms with E-state index >= 15 is 0 Å². The molecule has 5 rings (SSSR count). The molecule has 1 saturated heterocycles. The van der Waals surface area contributed by atoms with Gasteiger partial charge in [-0.1, -0.05) is 12.1 Å². The molecule has 1 N–H and O–H groups in total. The van der Waals surface area contributed by atoms with E-state index in [1.54, 1.807) is 18.3 Å². The van der Waals surface area contributed by atoms with Crippen LogP contribution in [0.1, 0.15) is 10.4 Å². The van der Waals surface area contributed by atoms with Crippen molar-refractivity contribution in [3.8, 4) is 0 Å². The summed E-state index contributed by atoms with van der Waals surface area (Å²) in [5.74, 6) is 0.682. The third kappa shape index (κ3) is 3.60. The Balaban J connectivity index is 1.35. The number of nitrogens with zero attached hydrogens (tertiary/aromatic N) is 4. The maximum Gasteiger partial charge on any atom is 0.255 e. The Morgan fingerprint density at radius 2 is 1.62 bits per heavy atom. The van der Waals surface area contributed by atoms with Crippen LogP contribution in [0, 0.1) is 0 Å². The van der Waals surface area contributed by atoms with E-state index in [9.17, 15) is 4.79 Å². The van der Waals surface area contributed by atoms with Crippen molar-refractivity contribution in [2.45, 2.75) is 0 Å². The summed E-state index contributed by atoms with van der Waals surface area (Å²) < 4.78 is 5.36. The van der Waals surface area contributed by atoms with E-state index in [1.807, 2.05) is 42.5 Å². The number of aromatic nitrogens is 3. The second kappa shape index (κ2) is 7.44. The van der Waals surface area contributed by atoms with Crippen molar-refractivity contribution in [3.63, 3.8) is 0 Å². The number of fused-ring (bicyclic) bond motifs is 2. The fraction of sp³-hybridized carbons (Fsp3) is 0.182. The van der Waals surface area contributed by atoms with Crippen LogP contribution in [-0.2, 0) is 4.74 Å². The molecular formula is C22H19N5O2. The smallest absolute Gasteiger partial charge is 0.255 e. The lowest BCUT2D eigenvalue weighted by molar-refractivity contribution is 0.102. The number of para-hydroxylation sites is 2. The number of nitrogens with one attached hydrogen (secondary N) is 1. The number of carbonyl (C=O) groups excluding carboxylic acids is 1. The van der Waals surface area contributed by atoms with E-state index in [0.29, 0.717) is 30.0 Å². The Kier molecular flexibility index (Phi) is 4.50. The molecule has 4 aromatic rings. The minimum absolute atomic E-state index is 0.206. The van der Waals surface area contributed by atoms with Gasteiger partial charge in [-0.3, -0.25) is 4.79 Å². The molecule has 7 heteroatoms. The number of benzene rings is 2.